The Morgan fingerprint density at radius 3 is 2.42 bits per heavy atom. The molecule has 19 heavy (non-hydrogen) atoms. The fourth-order valence-electron chi connectivity index (χ4n) is 1.71. The van der Waals surface area contributed by atoms with Gasteiger partial charge in [-0.15, -0.1) is 0 Å². The Morgan fingerprint density at radius 2 is 1.84 bits per heavy atom. The topological polar surface area (TPSA) is 42.7 Å². The number of halogens is 3. The first kappa shape index (κ1) is 13.4. The average molecular weight is 270 g/mol. The van der Waals surface area contributed by atoms with Crippen molar-refractivity contribution in [3.05, 3.63) is 41.7 Å². The van der Waals surface area contributed by atoms with Crippen LogP contribution in [0, 0.1) is 17.5 Å². The molecule has 1 N–H and O–H groups in total. The molecule has 1 aromatic heterocycles. The zero-order chi connectivity index (χ0) is 14.0. The van der Waals surface area contributed by atoms with Crippen LogP contribution >= 0.6 is 0 Å². The van der Waals surface area contributed by atoms with Gasteiger partial charge >= 0.3 is 0 Å². The number of rotatable bonds is 4. The molecule has 0 fully saturated rings. The fraction of sp³-hybridized carbons (Fsp3) is 0.333. The third kappa shape index (κ3) is 2.86. The summed E-state index contributed by atoms with van der Waals surface area (Å²) >= 11 is 0. The van der Waals surface area contributed by atoms with Crippen LogP contribution in [-0.4, -0.2) is 14.8 Å². The summed E-state index contributed by atoms with van der Waals surface area (Å²) in [6.45, 7) is 3.92. The molecular weight excluding hydrogens is 257 g/mol. The van der Waals surface area contributed by atoms with E-state index in [2.05, 4.69) is 15.4 Å². The van der Waals surface area contributed by atoms with Crippen molar-refractivity contribution < 1.29 is 13.2 Å². The summed E-state index contributed by atoms with van der Waals surface area (Å²) in [5.41, 5.74) is -0.375. The van der Waals surface area contributed by atoms with E-state index >= 15 is 0 Å². The predicted molar refractivity (Wildman–Crippen MR) is 64.0 cm³/mol. The van der Waals surface area contributed by atoms with Gasteiger partial charge in [0, 0.05) is 18.2 Å². The molecule has 0 atom stereocenters. The van der Waals surface area contributed by atoms with Gasteiger partial charge in [-0.3, -0.25) is 0 Å². The Labute approximate surface area is 108 Å². The third-order valence-electron chi connectivity index (χ3n) is 2.57. The normalized spacial score (nSPS) is 11.1. The number of aromatic nitrogens is 3. The fourth-order valence-corrected chi connectivity index (χ4v) is 1.71. The van der Waals surface area contributed by atoms with Crippen molar-refractivity contribution in [3.8, 4) is 0 Å². The highest BCUT2D eigenvalue weighted by Crippen LogP contribution is 2.20. The zero-order valence-corrected chi connectivity index (χ0v) is 10.5. The summed E-state index contributed by atoms with van der Waals surface area (Å²) in [6.07, 6.45) is 1.37. The molecule has 2 aromatic rings. The van der Waals surface area contributed by atoms with E-state index in [1.165, 1.54) is 6.33 Å². The summed E-state index contributed by atoms with van der Waals surface area (Å²) in [5, 5.41) is 6.57. The highest BCUT2D eigenvalue weighted by atomic mass is 19.1. The van der Waals surface area contributed by atoms with E-state index in [9.17, 15) is 13.2 Å². The van der Waals surface area contributed by atoms with Crippen LogP contribution in [0.25, 0.3) is 0 Å². The van der Waals surface area contributed by atoms with Gasteiger partial charge in [-0.2, -0.15) is 5.10 Å². The van der Waals surface area contributed by atoms with Crippen molar-refractivity contribution in [2.45, 2.75) is 26.4 Å². The molecule has 1 heterocycles. The second kappa shape index (κ2) is 5.29. The van der Waals surface area contributed by atoms with Gasteiger partial charge in [0.15, 0.2) is 11.6 Å². The minimum atomic E-state index is -0.979. The van der Waals surface area contributed by atoms with E-state index in [-0.39, 0.29) is 18.3 Å². The molecule has 0 aliphatic carbocycles. The number of hydrogen-bond acceptors (Lipinski definition) is 3. The van der Waals surface area contributed by atoms with Crippen molar-refractivity contribution in [2.75, 3.05) is 5.32 Å². The van der Waals surface area contributed by atoms with Crippen molar-refractivity contribution in [2.24, 2.45) is 0 Å². The highest BCUT2D eigenvalue weighted by Gasteiger charge is 2.13. The minimum absolute atomic E-state index is 0.0854. The minimum Gasteiger partial charge on any atom is -0.373 e. The second-order valence-electron chi connectivity index (χ2n) is 4.31. The van der Waals surface area contributed by atoms with Crippen molar-refractivity contribution in [1.82, 2.24) is 14.8 Å². The molecule has 0 radical (unpaired) electrons. The Hall–Kier alpha value is -2.05. The Morgan fingerprint density at radius 1 is 1.21 bits per heavy atom. The third-order valence-corrected chi connectivity index (χ3v) is 2.57. The molecular formula is C12H13F3N4. The quantitative estimate of drug-likeness (QED) is 0.929. The first-order valence-corrected chi connectivity index (χ1v) is 5.76. The predicted octanol–water partition coefficient (Wildman–Crippen LogP) is 2.89. The largest absolute Gasteiger partial charge is 0.373 e. The SMILES string of the molecule is CC(C)n1ncnc1CNc1c(F)cc(F)cc1F. The summed E-state index contributed by atoms with van der Waals surface area (Å²) in [4.78, 5) is 4.00. The molecule has 7 heteroatoms. The van der Waals surface area contributed by atoms with E-state index in [1.54, 1.807) is 4.68 Å². The molecule has 102 valence electrons. The zero-order valence-electron chi connectivity index (χ0n) is 10.5. The van der Waals surface area contributed by atoms with E-state index in [4.69, 9.17) is 0 Å². The lowest BCUT2D eigenvalue weighted by Crippen LogP contribution is -2.13. The van der Waals surface area contributed by atoms with Gasteiger partial charge in [0.25, 0.3) is 0 Å². The van der Waals surface area contributed by atoms with E-state index < -0.39 is 17.5 Å². The molecule has 0 aliphatic rings. The van der Waals surface area contributed by atoms with Crippen LogP contribution in [0.4, 0.5) is 18.9 Å². The summed E-state index contributed by atoms with van der Waals surface area (Å²) in [5.74, 6) is -2.37. The summed E-state index contributed by atoms with van der Waals surface area (Å²) in [6, 6.07) is 1.33. The molecule has 0 saturated heterocycles. The second-order valence-corrected chi connectivity index (χ2v) is 4.31. The van der Waals surface area contributed by atoms with Crippen LogP contribution < -0.4 is 5.32 Å². The first-order chi connectivity index (χ1) is 8.99. The number of anilines is 1. The maximum atomic E-state index is 13.4. The number of hydrogen-bond donors (Lipinski definition) is 1. The molecule has 0 amide bonds. The van der Waals surface area contributed by atoms with Gasteiger partial charge in [0.05, 0.1) is 6.54 Å². The average Bonchev–Trinajstić information content (AvgIpc) is 2.75. The van der Waals surface area contributed by atoms with Gasteiger partial charge in [-0.1, -0.05) is 0 Å². The van der Waals surface area contributed by atoms with E-state index in [1.807, 2.05) is 13.8 Å². The van der Waals surface area contributed by atoms with Gasteiger partial charge in [0.1, 0.15) is 23.7 Å². The van der Waals surface area contributed by atoms with Gasteiger partial charge in [0.2, 0.25) is 0 Å². The van der Waals surface area contributed by atoms with Crippen LogP contribution in [0.15, 0.2) is 18.5 Å². The van der Waals surface area contributed by atoms with Crippen LogP contribution in [0.2, 0.25) is 0 Å². The van der Waals surface area contributed by atoms with Crippen molar-refractivity contribution in [1.29, 1.82) is 0 Å². The number of nitrogens with one attached hydrogen (secondary N) is 1. The van der Waals surface area contributed by atoms with Crippen molar-refractivity contribution in [3.63, 3.8) is 0 Å². The molecule has 0 aliphatic heterocycles. The van der Waals surface area contributed by atoms with Crippen LogP contribution in [0.3, 0.4) is 0 Å². The van der Waals surface area contributed by atoms with Crippen molar-refractivity contribution >= 4 is 5.69 Å². The van der Waals surface area contributed by atoms with Crippen LogP contribution in [0.1, 0.15) is 25.7 Å². The molecule has 0 saturated carbocycles. The number of nitrogens with zero attached hydrogens (tertiary/aromatic N) is 3. The molecule has 0 unspecified atom stereocenters. The lowest BCUT2D eigenvalue weighted by atomic mass is 10.2. The Balaban J connectivity index is 2.17. The standard InChI is InChI=1S/C12H13F3N4/c1-7(2)19-11(17-6-18-19)5-16-12-9(14)3-8(13)4-10(12)15/h3-4,6-7,16H,5H2,1-2H3. The Bertz CT molecular complexity index is 557. The molecule has 4 nitrogen and oxygen atoms in total. The lowest BCUT2D eigenvalue weighted by molar-refractivity contribution is 0.507. The lowest BCUT2D eigenvalue weighted by Gasteiger charge is -2.11. The van der Waals surface area contributed by atoms with Crippen LogP contribution in [-0.2, 0) is 6.54 Å². The Kier molecular flexibility index (Phi) is 3.73. The number of benzene rings is 1. The summed E-state index contributed by atoms with van der Waals surface area (Å²) in [7, 11) is 0. The first-order valence-electron chi connectivity index (χ1n) is 5.76. The van der Waals surface area contributed by atoms with Gasteiger partial charge in [-0.25, -0.2) is 22.8 Å². The van der Waals surface area contributed by atoms with Crippen LogP contribution in [0.5, 0.6) is 0 Å². The summed E-state index contributed by atoms with van der Waals surface area (Å²) < 4.78 is 41.2. The smallest absolute Gasteiger partial charge is 0.152 e. The van der Waals surface area contributed by atoms with Gasteiger partial charge < -0.3 is 5.32 Å². The maximum absolute atomic E-state index is 13.4. The molecule has 1 aromatic carbocycles. The molecule has 0 bridgehead atoms. The maximum Gasteiger partial charge on any atom is 0.152 e. The molecule has 2 rings (SSSR count). The monoisotopic (exact) mass is 270 g/mol. The highest BCUT2D eigenvalue weighted by molar-refractivity contribution is 5.46. The molecule has 0 spiro atoms. The van der Waals surface area contributed by atoms with E-state index in [0.717, 1.165) is 0 Å². The van der Waals surface area contributed by atoms with Gasteiger partial charge in [-0.05, 0) is 13.8 Å². The van der Waals surface area contributed by atoms with E-state index in [0.29, 0.717) is 18.0 Å².